The van der Waals surface area contributed by atoms with Crippen LogP contribution in [0.1, 0.15) is 25.5 Å². The number of fused-ring (bicyclic) bond motifs is 1. The number of nitrogens with two attached hydrogens (primary N) is 2. The molecule has 0 aromatic carbocycles. The molecule has 0 spiro atoms. The summed E-state index contributed by atoms with van der Waals surface area (Å²) >= 11 is 0. The SMILES string of the molecule is CNCCCCN(CC[C@H](N)C(=O)O)C[C@H]1O[C@@H](n2cnc3c(N)ncnc32)[C@H](O)[C@@H]1O. The van der Waals surface area contributed by atoms with Gasteiger partial charge in [-0.25, -0.2) is 15.0 Å². The van der Waals surface area contributed by atoms with Crippen molar-refractivity contribution in [3.8, 4) is 0 Å². The Morgan fingerprint density at radius 3 is 2.78 bits per heavy atom. The molecule has 5 atom stereocenters. The van der Waals surface area contributed by atoms with Gasteiger partial charge in [-0.1, -0.05) is 0 Å². The summed E-state index contributed by atoms with van der Waals surface area (Å²) in [5.74, 6) is -0.845. The average Bonchev–Trinajstić information content (AvgIpc) is 3.31. The Labute approximate surface area is 185 Å². The van der Waals surface area contributed by atoms with Crippen LogP contribution < -0.4 is 16.8 Å². The standard InChI is InChI=1S/C19H32N8O5/c1-22-5-2-3-6-26(7-4-11(20)19(30)31)8-12-14(28)15(29)18(32-12)27-10-25-13-16(21)23-9-24-17(13)27/h9-12,14-15,18,22,28-29H,2-8,20H2,1H3,(H,30,31)(H2,21,23,24)/t11-,12+,14+,15+,18+/m0/s1. The van der Waals surface area contributed by atoms with Gasteiger partial charge in [-0.05, 0) is 39.4 Å². The number of imidazole rings is 1. The highest BCUT2D eigenvalue weighted by molar-refractivity contribution is 5.81. The normalized spacial score (nSPS) is 24.4. The van der Waals surface area contributed by atoms with Gasteiger partial charge in [0.05, 0.1) is 6.33 Å². The minimum Gasteiger partial charge on any atom is -0.480 e. The van der Waals surface area contributed by atoms with Gasteiger partial charge in [0.25, 0.3) is 0 Å². The Bertz CT molecular complexity index is 896. The molecule has 0 amide bonds. The number of hydrogen-bond donors (Lipinski definition) is 6. The molecule has 3 rings (SSSR count). The number of aliphatic carboxylic acids is 1. The topological polar surface area (TPSA) is 198 Å². The van der Waals surface area contributed by atoms with E-state index in [9.17, 15) is 15.0 Å². The Kier molecular flexibility index (Phi) is 8.28. The van der Waals surface area contributed by atoms with Crippen LogP contribution in [0.5, 0.6) is 0 Å². The van der Waals surface area contributed by atoms with E-state index < -0.39 is 36.6 Å². The number of carboxylic acids is 1. The number of unbranched alkanes of at least 4 members (excludes halogenated alkanes) is 1. The predicted molar refractivity (Wildman–Crippen MR) is 115 cm³/mol. The lowest BCUT2D eigenvalue weighted by Gasteiger charge is -2.27. The zero-order valence-electron chi connectivity index (χ0n) is 18.0. The van der Waals surface area contributed by atoms with Crippen LogP contribution in [0.4, 0.5) is 5.82 Å². The van der Waals surface area contributed by atoms with Gasteiger partial charge in [-0.15, -0.1) is 0 Å². The lowest BCUT2D eigenvalue weighted by atomic mass is 10.1. The number of carbonyl (C=O) groups is 1. The monoisotopic (exact) mass is 452 g/mol. The summed E-state index contributed by atoms with van der Waals surface area (Å²) in [4.78, 5) is 25.3. The molecule has 0 aliphatic carbocycles. The van der Waals surface area contributed by atoms with Crippen LogP contribution in [0.2, 0.25) is 0 Å². The highest BCUT2D eigenvalue weighted by Crippen LogP contribution is 2.32. The number of aromatic nitrogens is 4. The van der Waals surface area contributed by atoms with E-state index in [0.29, 0.717) is 30.8 Å². The second-order valence-electron chi connectivity index (χ2n) is 7.97. The first kappa shape index (κ1) is 24.2. The molecule has 1 fully saturated rings. The molecule has 3 heterocycles. The fourth-order valence-electron chi connectivity index (χ4n) is 3.80. The number of nitrogens with zero attached hydrogens (tertiary/aromatic N) is 5. The van der Waals surface area contributed by atoms with E-state index in [-0.39, 0.29) is 12.2 Å². The molecule has 8 N–H and O–H groups in total. The van der Waals surface area contributed by atoms with Crippen molar-refractivity contribution < 1.29 is 24.9 Å². The summed E-state index contributed by atoms with van der Waals surface area (Å²) in [7, 11) is 1.88. The lowest BCUT2D eigenvalue weighted by Crippen LogP contribution is -2.43. The molecule has 0 radical (unpaired) electrons. The quantitative estimate of drug-likeness (QED) is 0.196. The molecular formula is C19H32N8O5. The van der Waals surface area contributed by atoms with E-state index >= 15 is 0 Å². The molecular weight excluding hydrogens is 420 g/mol. The van der Waals surface area contributed by atoms with Crippen LogP contribution in [0.3, 0.4) is 0 Å². The third-order valence-electron chi connectivity index (χ3n) is 5.66. The summed E-state index contributed by atoms with van der Waals surface area (Å²) < 4.78 is 7.54. The number of ether oxygens (including phenoxy) is 1. The molecule has 2 aromatic rings. The lowest BCUT2D eigenvalue weighted by molar-refractivity contribution is -0.138. The zero-order valence-corrected chi connectivity index (χ0v) is 18.0. The Morgan fingerprint density at radius 2 is 2.06 bits per heavy atom. The smallest absolute Gasteiger partial charge is 0.320 e. The van der Waals surface area contributed by atoms with E-state index in [0.717, 1.165) is 19.4 Å². The van der Waals surface area contributed by atoms with Gasteiger partial charge in [-0.3, -0.25) is 9.36 Å². The zero-order chi connectivity index (χ0) is 23.3. The molecule has 0 bridgehead atoms. The number of aliphatic hydroxyl groups is 2. The molecule has 32 heavy (non-hydrogen) atoms. The van der Waals surface area contributed by atoms with Gasteiger partial charge < -0.3 is 41.7 Å². The van der Waals surface area contributed by atoms with Gasteiger partial charge >= 0.3 is 5.97 Å². The van der Waals surface area contributed by atoms with Crippen molar-refractivity contribution in [2.75, 3.05) is 39.0 Å². The van der Waals surface area contributed by atoms with Crippen LogP contribution in [0, 0.1) is 0 Å². The number of rotatable bonds is 12. The maximum Gasteiger partial charge on any atom is 0.320 e. The van der Waals surface area contributed by atoms with Crippen molar-refractivity contribution in [1.82, 2.24) is 29.7 Å². The molecule has 13 heteroatoms. The van der Waals surface area contributed by atoms with Crippen LogP contribution >= 0.6 is 0 Å². The number of nitrogen functional groups attached to an aromatic ring is 1. The molecule has 13 nitrogen and oxygen atoms in total. The average molecular weight is 453 g/mol. The summed E-state index contributed by atoms with van der Waals surface area (Å²) in [6.07, 6.45) is 0.867. The number of hydrogen-bond acceptors (Lipinski definition) is 11. The van der Waals surface area contributed by atoms with E-state index in [1.54, 1.807) is 0 Å². The summed E-state index contributed by atoms with van der Waals surface area (Å²) in [5.41, 5.74) is 12.3. The van der Waals surface area contributed by atoms with Crippen molar-refractivity contribution >= 4 is 23.0 Å². The van der Waals surface area contributed by atoms with Gasteiger partial charge in [0.1, 0.15) is 36.2 Å². The maximum atomic E-state index is 11.1. The molecule has 1 saturated heterocycles. The van der Waals surface area contributed by atoms with Crippen molar-refractivity contribution in [2.45, 2.75) is 49.8 Å². The summed E-state index contributed by atoms with van der Waals surface area (Å²) in [6.45, 7) is 2.28. The second kappa shape index (κ2) is 10.9. The number of aliphatic hydroxyl groups excluding tert-OH is 2. The predicted octanol–water partition coefficient (Wildman–Crippen LogP) is -1.87. The van der Waals surface area contributed by atoms with Crippen molar-refractivity contribution in [2.24, 2.45) is 5.73 Å². The highest BCUT2D eigenvalue weighted by Gasteiger charge is 2.44. The Hall–Kier alpha value is -2.42. The first-order chi connectivity index (χ1) is 15.3. The largest absolute Gasteiger partial charge is 0.480 e. The van der Waals surface area contributed by atoms with Crippen LogP contribution in [-0.2, 0) is 9.53 Å². The van der Waals surface area contributed by atoms with E-state index in [1.165, 1.54) is 17.2 Å². The van der Waals surface area contributed by atoms with Crippen LogP contribution in [0.25, 0.3) is 11.2 Å². The van der Waals surface area contributed by atoms with E-state index in [1.807, 2.05) is 11.9 Å². The first-order valence-corrected chi connectivity index (χ1v) is 10.6. The second-order valence-corrected chi connectivity index (χ2v) is 7.97. The van der Waals surface area contributed by atoms with Gasteiger partial charge in [-0.2, -0.15) is 0 Å². The van der Waals surface area contributed by atoms with Crippen molar-refractivity contribution in [1.29, 1.82) is 0 Å². The van der Waals surface area contributed by atoms with Gasteiger partial charge in [0, 0.05) is 13.1 Å². The summed E-state index contributed by atoms with van der Waals surface area (Å²) in [5, 5.41) is 33.5. The summed E-state index contributed by atoms with van der Waals surface area (Å²) in [6, 6.07) is -0.968. The Morgan fingerprint density at radius 1 is 1.28 bits per heavy atom. The number of anilines is 1. The number of carboxylic acid groups (broad SMARTS) is 1. The van der Waals surface area contributed by atoms with Crippen LogP contribution in [0.15, 0.2) is 12.7 Å². The van der Waals surface area contributed by atoms with Gasteiger partial charge in [0.2, 0.25) is 0 Å². The number of nitrogens with one attached hydrogen (secondary N) is 1. The molecule has 0 saturated carbocycles. The van der Waals surface area contributed by atoms with Crippen molar-refractivity contribution in [3.05, 3.63) is 12.7 Å². The van der Waals surface area contributed by atoms with E-state index in [2.05, 4.69) is 20.3 Å². The fraction of sp³-hybridized carbons (Fsp3) is 0.684. The molecule has 1 aliphatic rings. The molecule has 1 aliphatic heterocycles. The minimum atomic E-state index is -1.21. The first-order valence-electron chi connectivity index (χ1n) is 10.6. The minimum absolute atomic E-state index is 0.209. The third kappa shape index (κ3) is 5.49. The molecule has 178 valence electrons. The van der Waals surface area contributed by atoms with Crippen molar-refractivity contribution in [3.63, 3.8) is 0 Å². The fourth-order valence-corrected chi connectivity index (χ4v) is 3.80. The molecule has 2 aromatic heterocycles. The molecule has 0 unspecified atom stereocenters. The van der Waals surface area contributed by atoms with Crippen LogP contribution in [-0.4, -0.2) is 103 Å². The van der Waals surface area contributed by atoms with Gasteiger partial charge in [0.15, 0.2) is 17.7 Å². The Balaban J connectivity index is 1.69. The maximum absolute atomic E-state index is 11.1. The van der Waals surface area contributed by atoms with E-state index in [4.69, 9.17) is 21.3 Å². The highest BCUT2D eigenvalue weighted by atomic mass is 16.6. The third-order valence-corrected chi connectivity index (χ3v) is 5.66.